The van der Waals surface area contributed by atoms with Gasteiger partial charge < -0.3 is 5.32 Å². The molecule has 0 aliphatic heterocycles. The molecule has 0 unspecified atom stereocenters. The van der Waals surface area contributed by atoms with Gasteiger partial charge in [0, 0.05) is 23.9 Å². The highest BCUT2D eigenvalue weighted by molar-refractivity contribution is 8.00. The van der Waals surface area contributed by atoms with E-state index in [2.05, 4.69) is 5.32 Å². The fourth-order valence-corrected chi connectivity index (χ4v) is 2.70. The Hall–Kier alpha value is -2.21. The number of thioether (sulfide) groups is 1. The van der Waals surface area contributed by atoms with E-state index in [0.717, 1.165) is 35.5 Å². The molecule has 0 saturated heterocycles. The number of halogens is 2. The second-order valence-electron chi connectivity index (χ2n) is 4.89. The molecular formula is C17H15F2NO2S. The highest BCUT2D eigenvalue weighted by Gasteiger charge is 2.10. The largest absolute Gasteiger partial charge is 0.352 e. The quantitative estimate of drug-likeness (QED) is 0.648. The highest BCUT2D eigenvalue weighted by atomic mass is 32.2. The molecule has 0 heterocycles. The van der Waals surface area contributed by atoms with Crippen molar-refractivity contribution in [2.24, 2.45) is 0 Å². The molecule has 0 spiro atoms. The van der Waals surface area contributed by atoms with Crippen LogP contribution in [0.2, 0.25) is 0 Å². The number of carbonyl (C=O) groups excluding carboxylic acids is 2. The number of rotatable bonds is 6. The normalized spacial score (nSPS) is 10.4. The van der Waals surface area contributed by atoms with Crippen LogP contribution in [0.1, 0.15) is 22.8 Å². The first-order chi connectivity index (χ1) is 11.0. The maximum atomic E-state index is 13.5. The number of hydrogen-bond donors (Lipinski definition) is 1. The van der Waals surface area contributed by atoms with Crippen LogP contribution in [0.3, 0.4) is 0 Å². The smallest absolute Gasteiger partial charge is 0.217 e. The van der Waals surface area contributed by atoms with E-state index in [-0.39, 0.29) is 22.3 Å². The summed E-state index contributed by atoms with van der Waals surface area (Å²) in [6, 6.07) is 9.95. The predicted octanol–water partition coefficient (Wildman–Crippen LogP) is 3.58. The summed E-state index contributed by atoms with van der Waals surface area (Å²) in [5.74, 6) is -1.37. The minimum Gasteiger partial charge on any atom is -0.352 e. The molecule has 1 N–H and O–H groups in total. The van der Waals surface area contributed by atoms with Crippen molar-refractivity contribution in [1.29, 1.82) is 0 Å². The van der Waals surface area contributed by atoms with E-state index in [1.165, 1.54) is 6.92 Å². The summed E-state index contributed by atoms with van der Waals surface area (Å²) in [6.45, 7) is 1.83. The summed E-state index contributed by atoms with van der Waals surface area (Å²) in [5.41, 5.74) is 1.36. The van der Waals surface area contributed by atoms with Crippen LogP contribution in [-0.4, -0.2) is 17.4 Å². The van der Waals surface area contributed by atoms with Crippen molar-refractivity contribution >= 4 is 23.5 Å². The van der Waals surface area contributed by atoms with E-state index < -0.39 is 11.6 Å². The second-order valence-corrected chi connectivity index (χ2v) is 5.91. The molecule has 23 heavy (non-hydrogen) atoms. The minimum absolute atomic E-state index is 0.0193. The Kier molecular flexibility index (Phi) is 5.87. The average Bonchev–Trinajstić information content (AvgIpc) is 2.54. The Morgan fingerprint density at radius 2 is 1.78 bits per heavy atom. The van der Waals surface area contributed by atoms with Crippen LogP contribution >= 0.6 is 11.8 Å². The molecule has 0 bridgehead atoms. The lowest BCUT2D eigenvalue weighted by atomic mass is 10.1. The highest BCUT2D eigenvalue weighted by Crippen LogP contribution is 2.23. The van der Waals surface area contributed by atoms with E-state index in [0.29, 0.717) is 12.1 Å². The molecule has 0 fully saturated rings. The number of hydrogen-bond acceptors (Lipinski definition) is 3. The van der Waals surface area contributed by atoms with Crippen molar-refractivity contribution in [3.63, 3.8) is 0 Å². The third-order valence-electron chi connectivity index (χ3n) is 3.07. The van der Waals surface area contributed by atoms with Crippen LogP contribution in [0, 0.1) is 11.6 Å². The van der Waals surface area contributed by atoms with Gasteiger partial charge in [0.2, 0.25) is 5.91 Å². The average molecular weight is 335 g/mol. The van der Waals surface area contributed by atoms with Gasteiger partial charge in [-0.05, 0) is 23.8 Å². The van der Waals surface area contributed by atoms with E-state index in [1.54, 1.807) is 24.3 Å². The standard InChI is InChI=1S/C17H15F2NO2S/c1-11(21)20-9-12-2-4-13(5-3-12)16(22)10-23-17-8-14(18)6-7-15(17)19/h2-8H,9-10H2,1H3,(H,20,21). The molecule has 2 aromatic carbocycles. The van der Waals surface area contributed by atoms with Gasteiger partial charge in [0.1, 0.15) is 11.6 Å². The van der Waals surface area contributed by atoms with Crippen LogP contribution in [0.25, 0.3) is 0 Å². The molecule has 0 saturated carbocycles. The monoisotopic (exact) mass is 335 g/mol. The summed E-state index contributed by atoms with van der Waals surface area (Å²) < 4.78 is 26.6. The summed E-state index contributed by atoms with van der Waals surface area (Å²) in [4.78, 5) is 23.0. The second kappa shape index (κ2) is 7.87. The lowest BCUT2D eigenvalue weighted by Gasteiger charge is -2.05. The Bertz CT molecular complexity index is 717. The van der Waals surface area contributed by atoms with Crippen LogP contribution in [0.4, 0.5) is 8.78 Å². The first-order valence-electron chi connectivity index (χ1n) is 6.90. The van der Waals surface area contributed by atoms with E-state index in [4.69, 9.17) is 0 Å². The Balaban J connectivity index is 1.95. The summed E-state index contributed by atoms with van der Waals surface area (Å²) in [6.07, 6.45) is 0. The van der Waals surface area contributed by atoms with Gasteiger partial charge in [0.15, 0.2) is 5.78 Å². The van der Waals surface area contributed by atoms with Crippen LogP contribution in [0.15, 0.2) is 47.4 Å². The molecule has 6 heteroatoms. The zero-order chi connectivity index (χ0) is 16.8. The van der Waals surface area contributed by atoms with Gasteiger partial charge in [-0.15, -0.1) is 11.8 Å². The SMILES string of the molecule is CC(=O)NCc1ccc(C(=O)CSc2cc(F)ccc2F)cc1. The predicted molar refractivity (Wildman–Crippen MR) is 85.4 cm³/mol. The number of nitrogens with one attached hydrogen (secondary N) is 1. The van der Waals surface area contributed by atoms with Crippen molar-refractivity contribution in [3.8, 4) is 0 Å². The van der Waals surface area contributed by atoms with E-state index in [9.17, 15) is 18.4 Å². The molecule has 1 amide bonds. The summed E-state index contributed by atoms with van der Waals surface area (Å²) >= 11 is 0.961. The molecule has 2 rings (SSSR count). The zero-order valence-electron chi connectivity index (χ0n) is 12.4. The number of Topliss-reactive ketones (excluding diaryl/α,β-unsaturated/α-hetero) is 1. The lowest BCUT2D eigenvalue weighted by molar-refractivity contribution is -0.119. The minimum atomic E-state index is -0.546. The molecule has 0 atom stereocenters. The topological polar surface area (TPSA) is 46.2 Å². The van der Waals surface area contributed by atoms with Crippen molar-refractivity contribution in [3.05, 3.63) is 65.2 Å². The first-order valence-corrected chi connectivity index (χ1v) is 7.88. The zero-order valence-corrected chi connectivity index (χ0v) is 13.3. The molecule has 0 radical (unpaired) electrons. The van der Waals surface area contributed by atoms with Gasteiger partial charge >= 0.3 is 0 Å². The molecule has 0 aliphatic rings. The van der Waals surface area contributed by atoms with Gasteiger partial charge in [0.25, 0.3) is 0 Å². The lowest BCUT2D eigenvalue weighted by Crippen LogP contribution is -2.18. The van der Waals surface area contributed by atoms with Gasteiger partial charge in [-0.25, -0.2) is 8.78 Å². The Labute approximate surface area is 137 Å². The molecule has 0 aliphatic carbocycles. The maximum absolute atomic E-state index is 13.5. The molecule has 2 aromatic rings. The first kappa shape index (κ1) is 17.1. The third kappa shape index (κ3) is 5.17. The summed E-state index contributed by atoms with van der Waals surface area (Å²) in [7, 11) is 0. The molecule has 120 valence electrons. The van der Waals surface area contributed by atoms with Crippen LogP contribution in [0.5, 0.6) is 0 Å². The van der Waals surface area contributed by atoms with Crippen molar-refractivity contribution in [2.45, 2.75) is 18.4 Å². The fourth-order valence-electron chi connectivity index (χ4n) is 1.85. The van der Waals surface area contributed by atoms with Crippen molar-refractivity contribution < 1.29 is 18.4 Å². The number of amides is 1. The van der Waals surface area contributed by atoms with E-state index >= 15 is 0 Å². The number of carbonyl (C=O) groups is 2. The van der Waals surface area contributed by atoms with Gasteiger partial charge in [0.05, 0.1) is 5.75 Å². The maximum Gasteiger partial charge on any atom is 0.217 e. The van der Waals surface area contributed by atoms with Crippen molar-refractivity contribution in [2.75, 3.05) is 5.75 Å². The molecule has 3 nitrogen and oxygen atoms in total. The Morgan fingerprint density at radius 1 is 1.09 bits per heavy atom. The fraction of sp³-hybridized carbons (Fsp3) is 0.176. The summed E-state index contributed by atoms with van der Waals surface area (Å²) in [5, 5.41) is 2.66. The molecular weight excluding hydrogens is 320 g/mol. The number of ketones is 1. The van der Waals surface area contributed by atoms with E-state index in [1.807, 2.05) is 0 Å². The van der Waals surface area contributed by atoms with Gasteiger partial charge in [-0.3, -0.25) is 9.59 Å². The number of benzene rings is 2. The van der Waals surface area contributed by atoms with Gasteiger partial charge in [-0.2, -0.15) is 0 Å². The van der Waals surface area contributed by atoms with Crippen molar-refractivity contribution in [1.82, 2.24) is 5.32 Å². The van der Waals surface area contributed by atoms with Crippen LogP contribution in [-0.2, 0) is 11.3 Å². The Morgan fingerprint density at radius 3 is 2.43 bits per heavy atom. The third-order valence-corrected chi connectivity index (χ3v) is 4.10. The molecule has 0 aromatic heterocycles. The van der Waals surface area contributed by atoms with Crippen LogP contribution < -0.4 is 5.32 Å². The van der Waals surface area contributed by atoms with Gasteiger partial charge in [-0.1, -0.05) is 24.3 Å².